The van der Waals surface area contributed by atoms with Crippen LogP contribution in [0.2, 0.25) is 0 Å². The first kappa shape index (κ1) is 14.4. The number of nitrogens with one attached hydrogen (secondary N) is 1. The molecule has 19 heavy (non-hydrogen) atoms. The number of likely N-dealkylation sites (tertiary alicyclic amines) is 1. The fourth-order valence-electron chi connectivity index (χ4n) is 2.35. The molecule has 1 aliphatic heterocycles. The molecule has 0 aromatic heterocycles. The third-order valence-electron chi connectivity index (χ3n) is 3.38. The fraction of sp³-hybridized carbons (Fsp3) is 0.500. The summed E-state index contributed by atoms with van der Waals surface area (Å²) < 4.78 is 0. The summed E-state index contributed by atoms with van der Waals surface area (Å²) in [5.74, 6) is 0.339. The Morgan fingerprint density at radius 1 is 1.53 bits per heavy atom. The standard InChI is InChI=1S/C14H20N2O2S/c1-19-13-5-3-2-4-12(13)15-14(18)9-16-7-6-11(8-16)10-17/h2-5,11,17H,6-10H2,1H3,(H,15,18). The van der Waals surface area contributed by atoms with Crippen LogP contribution in [0.5, 0.6) is 0 Å². The Bertz CT molecular complexity index is 439. The van der Waals surface area contributed by atoms with Gasteiger partial charge in [-0.2, -0.15) is 0 Å². The van der Waals surface area contributed by atoms with Crippen molar-refractivity contribution in [3.8, 4) is 0 Å². The van der Waals surface area contributed by atoms with Gasteiger partial charge in [-0.15, -0.1) is 11.8 Å². The first-order valence-corrected chi connectivity index (χ1v) is 7.71. The number of rotatable bonds is 5. The zero-order valence-corrected chi connectivity index (χ0v) is 11.9. The molecular weight excluding hydrogens is 260 g/mol. The van der Waals surface area contributed by atoms with E-state index in [9.17, 15) is 4.79 Å². The van der Waals surface area contributed by atoms with Gasteiger partial charge < -0.3 is 10.4 Å². The number of hydrogen-bond acceptors (Lipinski definition) is 4. The Balaban J connectivity index is 1.87. The molecule has 2 rings (SSSR count). The molecular formula is C14H20N2O2S. The SMILES string of the molecule is CSc1ccccc1NC(=O)CN1CCC(CO)C1. The minimum absolute atomic E-state index is 0.0140. The van der Waals surface area contributed by atoms with Crippen molar-refractivity contribution >= 4 is 23.4 Å². The van der Waals surface area contributed by atoms with Crippen LogP contribution in [0.25, 0.3) is 0 Å². The number of para-hydroxylation sites is 1. The maximum atomic E-state index is 12.0. The first-order valence-electron chi connectivity index (χ1n) is 6.49. The molecule has 1 unspecified atom stereocenters. The molecule has 0 saturated carbocycles. The topological polar surface area (TPSA) is 52.6 Å². The Kier molecular flexibility index (Phi) is 5.24. The van der Waals surface area contributed by atoms with Crippen molar-refractivity contribution in [3.05, 3.63) is 24.3 Å². The van der Waals surface area contributed by atoms with Gasteiger partial charge in [0.1, 0.15) is 0 Å². The van der Waals surface area contributed by atoms with Crippen molar-refractivity contribution in [1.29, 1.82) is 0 Å². The maximum absolute atomic E-state index is 12.0. The largest absolute Gasteiger partial charge is 0.396 e. The summed E-state index contributed by atoms with van der Waals surface area (Å²) in [5.41, 5.74) is 0.873. The van der Waals surface area contributed by atoms with Crippen molar-refractivity contribution < 1.29 is 9.90 Å². The van der Waals surface area contributed by atoms with Gasteiger partial charge in [0.15, 0.2) is 0 Å². The molecule has 0 aliphatic carbocycles. The minimum Gasteiger partial charge on any atom is -0.396 e. The van der Waals surface area contributed by atoms with Crippen molar-refractivity contribution in [3.63, 3.8) is 0 Å². The van der Waals surface area contributed by atoms with Crippen molar-refractivity contribution in [2.75, 3.05) is 37.8 Å². The summed E-state index contributed by atoms with van der Waals surface area (Å²) in [6.07, 6.45) is 2.97. The quantitative estimate of drug-likeness (QED) is 0.806. The van der Waals surface area contributed by atoms with Crippen LogP contribution in [0.15, 0.2) is 29.2 Å². The molecule has 1 aliphatic rings. The monoisotopic (exact) mass is 280 g/mol. The molecule has 2 N–H and O–H groups in total. The number of aliphatic hydroxyl groups excluding tert-OH is 1. The van der Waals surface area contributed by atoms with Gasteiger partial charge in [-0.1, -0.05) is 12.1 Å². The van der Waals surface area contributed by atoms with E-state index in [1.807, 2.05) is 30.5 Å². The van der Waals surface area contributed by atoms with Crippen LogP contribution in [0.4, 0.5) is 5.69 Å². The number of nitrogens with zero attached hydrogens (tertiary/aromatic N) is 1. The second-order valence-electron chi connectivity index (χ2n) is 4.82. The fourth-order valence-corrected chi connectivity index (χ4v) is 2.90. The summed E-state index contributed by atoms with van der Waals surface area (Å²) in [5, 5.41) is 12.0. The normalized spacial score (nSPS) is 19.6. The lowest BCUT2D eigenvalue weighted by Crippen LogP contribution is -2.32. The van der Waals surface area contributed by atoms with Gasteiger partial charge in [-0.25, -0.2) is 0 Å². The molecule has 1 amide bonds. The molecule has 0 bridgehead atoms. The van der Waals surface area contributed by atoms with Crippen LogP contribution in [-0.2, 0) is 4.79 Å². The second kappa shape index (κ2) is 6.93. The minimum atomic E-state index is 0.0140. The molecule has 104 valence electrons. The summed E-state index contributed by atoms with van der Waals surface area (Å²) >= 11 is 1.62. The van der Waals surface area contributed by atoms with Crippen LogP contribution >= 0.6 is 11.8 Å². The zero-order chi connectivity index (χ0) is 13.7. The average Bonchev–Trinajstić information content (AvgIpc) is 2.87. The van der Waals surface area contributed by atoms with E-state index in [0.717, 1.165) is 30.1 Å². The third-order valence-corrected chi connectivity index (χ3v) is 4.17. The highest BCUT2D eigenvalue weighted by Crippen LogP contribution is 2.24. The number of carbonyl (C=O) groups is 1. The predicted molar refractivity (Wildman–Crippen MR) is 78.5 cm³/mol. The number of carbonyl (C=O) groups excluding carboxylic acids is 1. The second-order valence-corrected chi connectivity index (χ2v) is 5.67. The molecule has 5 heteroatoms. The predicted octanol–water partition coefficient (Wildman–Crippen LogP) is 1.66. The number of thioether (sulfide) groups is 1. The summed E-state index contributed by atoms with van der Waals surface area (Å²) in [6.45, 7) is 2.32. The van der Waals surface area contributed by atoms with E-state index in [0.29, 0.717) is 12.5 Å². The van der Waals surface area contributed by atoms with Crippen LogP contribution in [-0.4, -0.2) is 48.4 Å². The number of benzene rings is 1. The van der Waals surface area contributed by atoms with Crippen LogP contribution in [0, 0.1) is 5.92 Å². The van der Waals surface area contributed by atoms with E-state index in [4.69, 9.17) is 5.11 Å². The summed E-state index contributed by atoms with van der Waals surface area (Å²) in [6, 6.07) is 7.81. The highest BCUT2D eigenvalue weighted by atomic mass is 32.2. The van der Waals surface area contributed by atoms with Gasteiger partial charge in [0.2, 0.25) is 5.91 Å². The van der Waals surface area contributed by atoms with E-state index >= 15 is 0 Å². The lowest BCUT2D eigenvalue weighted by molar-refractivity contribution is -0.117. The highest BCUT2D eigenvalue weighted by Gasteiger charge is 2.23. The molecule has 1 heterocycles. The Labute approximate surface area is 118 Å². The van der Waals surface area contributed by atoms with Crippen LogP contribution in [0.3, 0.4) is 0 Å². The van der Waals surface area contributed by atoms with Crippen molar-refractivity contribution in [1.82, 2.24) is 4.90 Å². The van der Waals surface area contributed by atoms with Gasteiger partial charge in [0, 0.05) is 18.0 Å². The molecule has 1 aromatic carbocycles. The average molecular weight is 280 g/mol. The van der Waals surface area contributed by atoms with E-state index in [-0.39, 0.29) is 12.5 Å². The Morgan fingerprint density at radius 3 is 3.00 bits per heavy atom. The lowest BCUT2D eigenvalue weighted by Gasteiger charge is -2.16. The number of aliphatic hydroxyl groups is 1. The number of amides is 1. The smallest absolute Gasteiger partial charge is 0.238 e. The molecule has 0 spiro atoms. The molecule has 4 nitrogen and oxygen atoms in total. The summed E-state index contributed by atoms with van der Waals surface area (Å²) in [4.78, 5) is 15.2. The van der Waals surface area contributed by atoms with E-state index in [1.54, 1.807) is 11.8 Å². The van der Waals surface area contributed by atoms with E-state index in [2.05, 4.69) is 10.2 Å². The molecule has 1 atom stereocenters. The lowest BCUT2D eigenvalue weighted by atomic mass is 10.1. The Morgan fingerprint density at radius 2 is 2.32 bits per heavy atom. The van der Waals surface area contributed by atoms with Crippen molar-refractivity contribution in [2.24, 2.45) is 5.92 Å². The zero-order valence-electron chi connectivity index (χ0n) is 11.1. The molecule has 1 aromatic rings. The van der Waals surface area contributed by atoms with Gasteiger partial charge in [-0.3, -0.25) is 9.69 Å². The van der Waals surface area contributed by atoms with Gasteiger partial charge >= 0.3 is 0 Å². The van der Waals surface area contributed by atoms with Gasteiger partial charge in [0.25, 0.3) is 0 Å². The number of anilines is 1. The Hall–Kier alpha value is -1.04. The molecule has 1 saturated heterocycles. The number of hydrogen-bond donors (Lipinski definition) is 2. The first-order chi connectivity index (χ1) is 9.22. The van der Waals surface area contributed by atoms with Crippen LogP contribution in [0.1, 0.15) is 6.42 Å². The van der Waals surface area contributed by atoms with E-state index < -0.39 is 0 Å². The molecule has 0 radical (unpaired) electrons. The highest BCUT2D eigenvalue weighted by molar-refractivity contribution is 7.98. The third kappa shape index (κ3) is 3.96. The molecule has 1 fully saturated rings. The summed E-state index contributed by atoms with van der Waals surface area (Å²) in [7, 11) is 0. The van der Waals surface area contributed by atoms with E-state index in [1.165, 1.54) is 0 Å². The van der Waals surface area contributed by atoms with Gasteiger partial charge in [-0.05, 0) is 37.3 Å². The maximum Gasteiger partial charge on any atom is 0.238 e. The van der Waals surface area contributed by atoms with Crippen molar-refractivity contribution in [2.45, 2.75) is 11.3 Å². The van der Waals surface area contributed by atoms with Crippen LogP contribution < -0.4 is 5.32 Å². The van der Waals surface area contributed by atoms with Gasteiger partial charge in [0.05, 0.1) is 12.2 Å².